The Hall–Kier alpha value is -0.490. The van der Waals surface area contributed by atoms with Crippen molar-refractivity contribution in [3.05, 3.63) is 0 Å². The summed E-state index contributed by atoms with van der Waals surface area (Å²) in [6.07, 6.45) is 9.28. The number of hydrogen-bond donors (Lipinski definition) is 0. The first kappa shape index (κ1) is 13.6. The minimum absolute atomic E-state index is 0.314. The van der Waals surface area contributed by atoms with Crippen molar-refractivity contribution in [1.82, 2.24) is 0 Å². The van der Waals surface area contributed by atoms with E-state index in [0.717, 1.165) is 25.7 Å². The second-order valence-corrected chi connectivity index (χ2v) is 8.57. The van der Waals surface area contributed by atoms with Crippen LogP contribution in [0.4, 0.5) is 0 Å². The molecule has 0 aromatic carbocycles. The highest BCUT2D eigenvalue weighted by molar-refractivity contribution is 7.92. The number of rotatable bonds is 2. The van der Waals surface area contributed by atoms with E-state index in [1.165, 1.54) is 0 Å². The Balaban J connectivity index is 2.56. The zero-order valence-electron chi connectivity index (χ0n) is 10.5. The van der Waals surface area contributed by atoms with Crippen LogP contribution >= 0.6 is 0 Å². The zero-order chi connectivity index (χ0) is 12.4. The predicted molar refractivity (Wildman–Crippen MR) is 67.8 cm³/mol. The van der Waals surface area contributed by atoms with Gasteiger partial charge in [0.2, 0.25) is 0 Å². The van der Waals surface area contributed by atoms with E-state index in [0.29, 0.717) is 17.6 Å². The molecule has 0 unspecified atom stereocenters. The van der Waals surface area contributed by atoms with Crippen LogP contribution in [0.5, 0.6) is 0 Å². The zero-order valence-corrected chi connectivity index (χ0v) is 11.3. The summed E-state index contributed by atoms with van der Waals surface area (Å²) in [5.41, 5.74) is 0. The molecule has 0 spiro atoms. The molecule has 0 amide bonds. The molecule has 1 fully saturated rings. The average Bonchev–Trinajstić information content (AvgIpc) is 2.16. The fourth-order valence-electron chi connectivity index (χ4n) is 2.06. The van der Waals surface area contributed by atoms with Gasteiger partial charge in [-0.1, -0.05) is 0 Å². The second-order valence-electron chi connectivity index (χ2n) is 5.78. The van der Waals surface area contributed by atoms with Crippen molar-refractivity contribution in [1.29, 1.82) is 0 Å². The first-order valence-electron chi connectivity index (χ1n) is 5.94. The third-order valence-electron chi connectivity index (χ3n) is 3.47. The van der Waals surface area contributed by atoms with Crippen LogP contribution in [0.3, 0.4) is 0 Å². The van der Waals surface area contributed by atoms with Gasteiger partial charge < -0.3 is 0 Å². The van der Waals surface area contributed by atoms with Crippen LogP contribution in [0.2, 0.25) is 0 Å². The third-order valence-corrected chi connectivity index (χ3v) is 6.25. The molecule has 16 heavy (non-hydrogen) atoms. The molecule has 2 nitrogen and oxygen atoms in total. The van der Waals surface area contributed by atoms with Gasteiger partial charge >= 0.3 is 0 Å². The molecule has 1 rings (SSSR count). The number of terminal acetylenes is 1. The molecule has 0 aromatic rings. The maximum Gasteiger partial charge on any atom is 0.155 e. The fourth-order valence-corrected chi connectivity index (χ4v) is 3.51. The Kier molecular flexibility index (Phi) is 4.07. The fraction of sp³-hybridized carbons (Fsp3) is 0.846. The van der Waals surface area contributed by atoms with Gasteiger partial charge in [-0.05, 0) is 52.4 Å². The molecule has 0 aromatic heterocycles. The van der Waals surface area contributed by atoms with E-state index in [9.17, 15) is 8.42 Å². The highest BCUT2D eigenvalue weighted by Gasteiger charge is 2.32. The largest absolute Gasteiger partial charge is 0.228 e. The smallest absolute Gasteiger partial charge is 0.155 e. The lowest BCUT2D eigenvalue weighted by molar-refractivity contribution is 0.337. The van der Waals surface area contributed by atoms with E-state index >= 15 is 0 Å². The summed E-state index contributed by atoms with van der Waals surface area (Å²) in [7, 11) is -2.97. The first-order valence-corrected chi connectivity index (χ1v) is 7.60. The highest BCUT2D eigenvalue weighted by atomic mass is 32.2. The molecule has 0 radical (unpaired) electrons. The van der Waals surface area contributed by atoms with Gasteiger partial charge in [0.05, 0.1) is 10.5 Å². The lowest BCUT2D eigenvalue weighted by Crippen LogP contribution is -2.34. The van der Waals surface area contributed by atoms with Crippen molar-refractivity contribution in [3.8, 4) is 12.3 Å². The van der Waals surface area contributed by atoms with Crippen molar-refractivity contribution < 1.29 is 8.42 Å². The summed E-state index contributed by atoms with van der Waals surface area (Å²) in [4.78, 5) is 0. The quantitative estimate of drug-likeness (QED) is 0.698. The van der Waals surface area contributed by atoms with Crippen molar-refractivity contribution in [2.75, 3.05) is 5.75 Å². The van der Waals surface area contributed by atoms with Crippen molar-refractivity contribution in [2.24, 2.45) is 11.8 Å². The van der Waals surface area contributed by atoms with Crippen LogP contribution in [-0.4, -0.2) is 18.9 Å². The van der Waals surface area contributed by atoms with E-state index in [1.54, 1.807) is 20.8 Å². The Morgan fingerprint density at radius 2 is 1.69 bits per heavy atom. The highest BCUT2D eigenvalue weighted by Crippen LogP contribution is 2.31. The summed E-state index contributed by atoms with van der Waals surface area (Å²) in [5, 5.41) is 0. The molecule has 0 aliphatic heterocycles. The van der Waals surface area contributed by atoms with Crippen LogP contribution in [0, 0.1) is 24.2 Å². The van der Waals surface area contributed by atoms with Gasteiger partial charge in [0.25, 0.3) is 0 Å². The molecular weight excluding hydrogens is 220 g/mol. The molecule has 3 heteroatoms. The SMILES string of the molecule is C#CC1CCC(CS(=O)(=O)C(C)(C)C)CC1. The van der Waals surface area contributed by atoms with E-state index in [1.807, 2.05) is 0 Å². The van der Waals surface area contributed by atoms with Crippen LogP contribution in [0.1, 0.15) is 46.5 Å². The minimum atomic E-state index is -2.97. The Bertz CT molecular complexity index is 360. The Morgan fingerprint density at radius 3 is 2.06 bits per heavy atom. The van der Waals surface area contributed by atoms with Gasteiger partial charge in [-0.2, -0.15) is 0 Å². The third kappa shape index (κ3) is 3.25. The van der Waals surface area contributed by atoms with Crippen LogP contribution < -0.4 is 0 Å². The molecule has 0 bridgehead atoms. The first-order chi connectivity index (χ1) is 7.26. The molecular formula is C13H22O2S. The van der Waals surface area contributed by atoms with Gasteiger partial charge in [-0.3, -0.25) is 0 Å². The van der Waals surface area contributed by atoms with E-state index in [4.69, 9.17) is 6.42 Å². The molecule has 0 saturated heterocycles. The average molecular weight is 242 g/mol. The Morgan fingerprint density at radius 1 is 1.19 bits per heavy atom. The van der Waals surface area contributed by atoms with Gasteiger partial charge in [0, 0.05) is 5.92 Å². The number of sulfone groups is 1. The number of hydrogen-bond acceptors (Lipinski definition) is 2. The van der Waals surface area contributed by atoms with E-state index in [2.05, 4.69) is 5.92 Å². The van der Waals surface area contributed by atoms with Crippen LogP contribution in [-0.2, 0) is 9.84 Å². The van der Waals surface area contributed by atoms with Gasteiger partial charge in [-0.15, -0.1) is 12.3 Å². The van der Waals surface area contributed by atoms with Gasteiger partial charge in [-0.25, -0.2) is 8.42 Å². The van der Waals surface area contributed by atoms with Crippen LogP contribution in [0.25, 0.3) is 0 Å². The Labute approximate surface area is 99.7 Å². The summed E-state index contributed by atoms with van der Waals surface area (Å²) in [6.45, 7) is 5.32. The van der Waals surface area contributed by atoms with Gasteiger partial charge in [0.1, 0.15) is 0 Å². The summed E-state index contributed by atoms with van der Waals surface area (Å²) < 4.78 is 23.4. The van der Waals surface area contributed by atoms with E-state index in [-0.39, 0.29) is 0 Å². The summed E-state index contributed by atoms with van der Waals surface area (Å²) >= 11 is 0. The topological polar surface area (TPSA) is 34.1 Å². The molecule has 0 N–H and O–H groups in total. The molecule has 1 aliphatic carbocycles. The normalized spacial score (nSPS) is 27.4. The molecule has 1 saturated carbocycles. The monoisotopic (exact) mass is 242 g/mol. The molecule has 92 valence electrons. The minimum Gasteiger partial charge on any atom is -0.228 e. The lowest BCUT2D eigenvalue weighted by Gasteiger charge is -2.28. The molecule has 0 atom stereocenters. The maximum atomic E-state index is 12.0. The second kappa shape index (κ2) is 4.79. The van der Waals surface area contributed by atoms with Gasteiger partial charge in [0.15, 0.2) is 9.84 Å². The van der Waals surface area contributed by atoms with Crippen molar-refractivity contribution in [2.45, 2.75) is 51.2 Å². The predicted octanol–water partition coefficient (Wildman–Crippen LogP) is 2.64. The van der Waals surface area contributed by atoms with Crippen molar-refractivity contribution in [3.63, 3.8) is 0 Å². The molecule has 0 heterocycles. The van der Waals surface area contributed by atoms with E-state index < -0.39 is 14.6 Å². The lowest BCUT2D eigenvalue weighted by atomic mass is 9.83. The summed E-state index contributed by atoms with van der Waals surface area (Å²) in [6, 6.07) is 0. The molecule has 1 aliphatic rings. The summed E-state index contributed by atoms with van der Waals surface area (Å²) in [5.74, 6) is 3.78. The van der Waals surface area contributed by atoms with Crippen molar-refractivity contribution >= 4 is 9.84 Å². The van der Waals surface area contributed by atoms with Crippen LogP contribution in [0.15, 0.2) is 0 Å². The standard InChI is InChI=1S/C13H22O2S/c1-5-11-6-8-12(9-7-11)10-16(14,15)13(2,3)4/h1,11-12H,6-10H2,2-4H3. The maximum absolute atomic E-state index is 12.0.